The summed E-state index contributed by atoms with van der Waals surface area (Å²) in [4.78, 5) is 0. The molecule has 1 aliphatic rings. The van der Waals surface area contributed by atoms with Gasteiger partial charge in [-0.25, -0.2) is 0 Å². The number of alkyl halides is 1. The van der Waals surface area contributed by atoms with E-state index >= 15 is 0 Å². The first-order chi connectivity index (χ1) is 8.42. The second-order valence-electron chi connectivity index (χ2n) is 4.47. The van der Waals surface area contributed by atoms with Crippen LogP contribution in [0.4, 0.5) is 0 Å². The molecule has 1 unspecified atom stereocenters. The minimum Gasteiger partial charge on any atom is -0.493 e. The van der Waals surface area contributed by atoms with E-state index in [0.717, 1.165) is 50.6 Å². The summed E-state index contributed by atoms with van der Waals surface area (Å²) in [6, 6.07) is 8.37. The molecule has 0 fully saturated rings. The molecule has 0 radical (unpaired) electrons. The molecule has 0 aromatic heterocycles. The highest BCUT2D eigenvalue weighted by atomic mass is 35.5. The van der Waals surface area contributed by atoms with Crippen LogP contribution in [0.3, 0.4) is 0 Å². The third-order valence-corrected chi connectivity index (χ3v) is 3.48. The number of rotatable bonds is 6. The Morgan fingerprint density at radius 1 is 1.29 bits per heavy atom. The van der Waals surface area contributed by atoms with E-state index in [0.29, 0.717) is 5.92 Å². The van der Waals surface area contributed by atoms with Crippen LogP contribution < -0.4 is 10.1 Å². The van der Waals surface area contributed by atoms with E-state index < -0.39 is 0 Å². The molecule has 2 nitrogen and oxygen atoms in total. The minimum absolute atomic E-state index is 0.593. The summed E-state index contributed by atoms with van der Waals surface area (Å²) in [6.45, 7) is 2.94. The number of nitrogens with one attached hydrogen (secondary N) is 1. The summed E-state index contributed by atoms with van der Waals surface area (Å²) in [5, 5.41) is 3.52. The molecule has 1 atom stereocenters. The lowest BCUT2D eigenvalue weighted by Gasteiger charge is -2.26. The van der Waals surface area contributed by atoms with E-state index in [1.54, 1.807) is 0 Å². The quantitative estimate of drug-likeness (QED) is 0.621. The van der Waals surface area contributed by atoms with Crippen molar-refractivity contribution in [1.82, 2.24) is 5.32 Å². The lowest BCUT2D eigenvalue weighted by Crippen LogP contribution is -2.26. The van der Waals surface area contributed by atoms with Crippen LogP contribution in [0.15, 0.2) is 24.3 Å². The number of halogens is 1. The van der Waals surface area contributed by atoms with E-state index in [1.807, 2.05) is 6.07 Å². The maximum atomic E-state index is 5.65. The highest BCUT2D eigenvalue weighted by molar-refractivity contribution is 6.17. The van der Waals surface area contributed by atoms with Gasteiger partial charge in [0.1, 0.15) is 5.75 Å². The Kier molecular flexibility index (Phi) is 5.14. The second-order valence-corrected chi connectivity index (χ2v) is 4.85. The van der Waals surface area contributed by atoms with Gasteiger partial charge in [0.15, 0.2) is 0 Å². The summed E-state index contributed by atoms with van der Waals surface area (Å²) in [6.07, 6.45) is 3.37. The highest BCUT2D eigenvalue weighted by Gasteiger charge is 2.20. The van der Waals surface area contributed by atoms with Crippen molar-refractivity contribution in [2.45, 2.75) is 25.2 Å². The lowest BCUT2D eigenvalue weighted by molar-refractivity contribution is 0.264. The fraction of sp³-hybridized carbons (Fsp3) is 0.571. The fourth-order valence-corrected chi connectivity index (χ4v) is 2.44. The molecule has 1 aromatic carbocycles. The van der Waals surface area contributed by atoms with E-state index in [2.05, 4.69) is 23.5 Å². The number of unbranched alkanes of at least 4 members (excludes halogenated alkanes) is 1. The van der Waals surface area contributed by atoms with E-state index in [1.165, 1.54) is 5.56 Å². The predicted octanol–water partition coefficient (Wildman–Crippen LogP) is 3.16. The van der Waals surface area contributed by atoms with Crippen molar-refractivity contribution in [3.05, 3.63) is 29.8 Å². The van der Waals surface area contributed by atoms with E-state index in [9.17, 15) is 0 Å². The molecule has 0 saturated heterocycles. The van der Waals surface area contributed by atoms with E-state index in [-0.39, 0.29) is 0 Å². The molecule has 1 aliphatic heterocycles. The first kappa shape index (κ1) is 12.7. The van der Waals surface area contributed by atoms with Gasteiger partial charge < -0.3 is 10.1 Å². The average Bonchev–Trinajstić information content (AvgIpc) is 2.39. The third-order valence-electron chi connectivity index (χ3n) is 3.21. The molecule has 0 spiro atoms. The molecule has 1 N–H and O–H groups in total. The molecule has 17 heavy (non-hydrogen) atoms. The SMILES string of the molecule is ClCCCCNCC1CCOc2ccccc21. The zero-order valence-corrected chi connectivity index (χ0v) is 10.9. The van der Waals surface area contributed by atoms with Crippen LogP contribution in [0.5, 0.6) is 5.75 Å². The molecule has 2 rings (SSSR count). The zero-order valence-electron chi connectivity index (χ0n) is 10.1. The van der Waals surface area contributed by atoms with Gasteiger partial charge in [0.2, 0.25) is 0 Å². The molecule has 1 aromatic rings. The highest BCUT2D eigenvalue weighted by Crippen LogP contribution is 2.32. The second kappa shape index (κ2) is 6.87. The number of fused-ring (bicyclic) bond motifs is 1. The summed E-state index contributed by atoms with van der Waals surface area (Å²) in [7, 11) is 0. The van der Waals surface area contributed by atoms with Gasteiger partial charge in [-0.3, -0.25) is 0 Å². The molecule has 0 bridgehead atoms. The Bertz CT molecular complexity index is 343. The standard InChI is InChI=1S/C14H20ClNO/c15-8-3-4-9-16-11-12-7-10-17-14-6-2-1-5-13(12)14/h1-2,5-6,12,16H,3-4,7-11H2. The van der Waals surface area contributed by atoms with Crippen LogP contribution >= 0.6 is 11.6 Å². The Hall–Kier alpha value is -0.730. The zero-order chi connectivity index (χ0) is 11.9. The Balaban J connectivity index is 1.82. The maximum absolute atomic E-state index is 5.65. The number of hydrogen-bond acceptors (Lipinski definition) is 2. The van der Waals surface area contributed by atoms with Crippen LogP contribution in [0.2, 0.25) is 0 Å². The van der Waals surface area contributed by atoms with Crippen molar-refractivity contribution in [3.8, 4) is 5.75 Å². The first-order valence-corrected chi connectivity index (χ1v) is 6.93. The van der Waals surface area contributed by atoms with Gasteiger partial charge in [-0.2, -0.15) is 0 Å². The average molecular weight is 254 g/mol. The number of para-hydroxylation sites is 1. The Labute approximate surface area is 108 Å². The number of benzene rings is 1. The third kappa shape index (κ3) is 3.62. The van der Waals surface area contributed by atoms with Gasteiger partial charge in [-0.05, 0) is 37.4 Å². The molecule has 94 valence electrons. The molecular formula is C14H20ClNO. The van der Waals surface area contributed by atoms with Crippen LogP contribution in [-0.4, -0.2) is 25.6 Å². The predicted molar refractivity (Wildman–Crippen MR) is 72.1 cm³/mol. The molecule has 3 heteroatoms. The summed E-state index contributed by atoms with van der Waals surface area (Å²) < 4.78 is 5.65. The monoisotopic (exact) mass is 253 g/mol. The summed E-state index contributed by atoms with van der Waals surface area (Å²) in [5.74, 6) is 2.42. The normalized spacial score (nSPS) is 18.5. The van der Waals surface area contributed by atoms with Crippen LogP contribution in [0.1, 0.15) is 30.7 Å². The van der Waals surface area contributed by atoms with Crippen molar-refractivity contribution in [1.29, 1.82) is 0 Å². The van der Waals surface area contributed by atoms with Gasteiger partial charge >= 0.3 is 0 Å². The number of ether oxygens (including phenoxy) is 1. The van der Waals surface area contributed by atoms with Gasteiger partial charge in [-0.1, -0.05) is 18.2 Å². The van der Waals surface area contributed by atoms with Crippen molar-refractivity contribution < 1.29 is 4.74 Å². The van der Waals surface area contributed by atoms with E-state index in [4.69, 9.17) is 16.3 Å². The Morgan fingerprint density at radius 2 is 2.18 bits per heavy atom. The molecule has 0 saturated carbocycles. The van der Waals surface area contributed by atoms with Crippen molar-refractivity contribution in [3.63, 3.8) is 0 Å². The van der Waals surface area contributed by atoms with Crippen molar-refractivity contribution >= 4 is 11.6 Å². The van der Waals surface area contributed by atoms with Gasteiger partial charge in [0.05, 0.1) is 6.61 Å². The molecular weight excluding hydrogens is 234 g/mol. The smallest absolute Gasteiger partial charge is 0.122 e. The molecule has 0 amide bonds. The first-order valence-electron chi connectivity index (χ1n) is 6.40. The van der Waals surface area contributed by atoms with Crippen LogP contribution in [0.25, 0.3) is 0 Å². The molecule has 0 aliphatic carbocycles. The minimum atomic E-state index is 0.593. The topological polar surface area (TPSA) is 21.3 Å². The number of hydrogen-bond donors (Lipinski definition) is 1. The summed E-state index contributed by atoms with van der Waals surface area (Å²) in [5.41, 5.74) is 1.35. The van der Waals surface area contributed by atoms with Crippen molar-refractivity contribution in [2.75, 3.05) is 25.6 Å². The van der Waals surface area contributed by atoms with Crippen molar-refractivity contribution in [2.24, 2.45) is 0 Å². The fourth-order valence-electron chi connectivity index (χ4n) is 2.25. The molecule has 1 heterocycles. The van der Waals surface area contributed by atoms with Crippen LogP contribution in [0, 0.1) is 0 Å². The van der Waals surface area contributed by atoms with Gasteiger partial charge in [0, 0.05) is 18.3 Å². The van der Waals surface area contributed by atoms with Crippen LogP contribution in [-0.2, 0) is 0 Å². The maximum Gasteiger partial charge on any atom is 0.122 e. The summed E-state index contributed by atoms with van der Waals surface area (Å²) >= 11 is 5.65. The van der Waals surface area contributed by atoms with Gasteiger partial charge in [0.25, 0.3) is 0 Å². The largest absolute Gasteiger partial charge is 0.493 e. The lowest BCUT2D eigenvalue weighted by atomic mass is 9.93. The Morgan fingerprint density at radius 3 is 3.06 bits per heavy atom. The van der Waals surface area contributed by atoms with Gasteiger partial charge in [-0.15, -0.1) is 11.6 Å².